The quantitative estimate of drug-likeness (QED) is 0.650. The minimum absolute atomic E-state index is 0.213. The van der Waals surface area contributed by atoms with Gasteiger partial charge in [-0.05, 0) is 24.4 Å². The molecule has 1 aliphatic heterocycles. The molecule has 90 valence electrons. The minimum atomic E-state index is 0.213. The molecule has 1 aromatic rings. The first-order valence-corrected chi connectivity index (χ1v) is 6.01. The summed E-state index contributed by atoms with van der Waals surface area (Å²) in [5, 5.41) is 3.25. The van der Waals surface area contributed by atoms with Gasteiger partial charge in [0, 0.05) is 26.1 Å². The van der Waals surface area contributed by atoms with Gasteiger partial charge in [0.2, 0.25) is 17.2 Å². The number of terminal acetylenes is 1. The summed E-state index contributed by atoms with van der Waals surface area (Å²) >= 11 is 5.87. The van der Waals surface area contributed by atoms with Gasteiger partial charge in [-0.25, -0.2) is 0 Å². The first kappa shape index (κ1) is 11.9. The number of hydrogen-bond acceptors (Lipinski definition) is 5. The second-order valence-corrected chi connectivity index (χ2v) is 4.14. The van der Waals surface area contributed by atoms with Gasteiger partial charge in [0.15, 0.2) is 0 Å². The lowest BCUT2D eigenvalue weighted by molar-refractivity contribution is 0.876. The second kappa shape index (κ2) is 5.69. The molecule has 5 nitrogen and oxygen atoms in total. The number of nitrogens with zero attached hydrogens (tertiary/aromatic N) is 4. The van der Waals surface area contributed by atoms with Crippen molar-refractivity contribution < 1.29 is 0 Å². The molecule has 0 saturated carbocycles. The van der Waals surface area contributed by atoms with Gasteiger partial charge in [-0.1, -0.05) is 0 Å². The van der Waals surface area contributed by atoms with Crippen LogP contribution in [-0.4, -0.2) is 34.6 Å². The topological polar surface area (TPSA) is 53.9 Å². The summed E-state index contributed by atoms with van der Waals surface area (Å²) in [6, 6.07) is 0. The van der Waals surface area contributed by atoms with E-state index in [1.165, 1.54) is 12.8 Å². The highest BCUT2D eigenvalue weighted by molar-refractivity contribution is 6.28. The number of rotatable bonds is 4. The van der Waals surface area contributed by atoms with Crippen LogP contribution in [0.5, 0.6) is 0 Å². The van der Waals surface area contributed by atoms with Crippen molar-refractivity contribution in [2.24, 2.45) is 0 Å². The van der Waals surface area contributed by atoms with E-state index < -0.39 is 0 Å². The first-order chi connectivity index (χ1) is 8.29. The average Bonchev–Trinajstić information content (AvgIpc) is 2.82. The van der Waals surface area contributed by atoms with Crippen LogP contribution in [0.3, 0.4) is 0 Å². The zero-order valence-electron chi connectivity index (χ0n) is 9.49. The molecule has 0 bridgehead atoms. The molecule has 6 heteroatoms. The predicted octanol–water partition coefficient (Wildman–Crippen LogP) is 1.56. The second-order valence-electron chi connectivity index (χ2n) is 3.80. The van der Waals surface area contributed by atoms with Crippen LogP contribution in [-0.2, 0) is 0 Å². The van der Waals surface area contributed by atoms with Gasteiger partial charge in [0.05, 0.1) is 0 Å². The van der Waals surface area contributed by atoms with E-state index in [0.717, 1.165) is 13.1 Å². The van der Waals surface area contributed by atoms with Crippen LogP contribution in [0.4, 0.5) is 11.9 Å². The van der Waals surface area contributed by atoms with E-state index in [0.29, 0.717) is 24.9 Å². The van der Waals surface area contributed by atoms with Gasteiger partial charge in [-0.2, -0.15) is 15.0 Å². The van der Waals surface area contributed by atoms with Crippen LogP contribution in [0.25, 0.3) is 0 Å². The van der Waals surface area contributed by atoms with Crippen LogP contribution in [0, 0.1) is 12.3 Å². The number of halogens is 1. The van der Waals surface area contributed by atoms with E-state index in [1.807, 2.05) is 0 Å². The lowest BCUT2D eigenvalue weighted by Gasteiger charge is -2.15. The van der Waals surface area contributed by atoms with Crippen molar-refractivity contribution in [3.8, 4) is 12.3 Å². The fourth-order valence-corrected chi connectivity index (χ4v) is 1.88. The Hall–Kier alpha value is -1.54. The van der Waals surface area contributed by atoms with E-state index in [4.69, 9.17) is 18.0 Å². The van der Waals surface area contributed by atoms with Crippen LogP contribution in [0.15, 0.2) is 0 Å². The molecular weight excluding hydrogens is 238 g/mol. The molecule has 1 aliphatic rings. The molecule has 1 fully saturated rings. The van der Waals surface area contributed by atoms with Crippen molar-refractivity contribution >= 4 is 23.5 Å². The standard InChI is InChI=1S/C11H14ClN5/c1-2-3-6-13-10-14-9(12)15-11(16-10)17-7-4-5-8-17/h1H,3-8H2,(H,13,14,15,16). The van der Waals surface area contributed by atoms with Gasteiger partial charge >= 0.3 is 0 Å². The lowest BCUT2D eigenvalue weighted by atomic mass is 10.4. The van der Waals surface area contributed by atoms with Crippen molar-refractivity contribution in [1.29, 1.82) is 0 Å². The molecule has 0 spiro atoms. The summed E-state index contributed by atoms with van der Waals surface area (Å²) < 4.78 is 0. The van der Waals surface area contributed by atoms with E-state index in [2.05, 4.69) is 31.1 Å². The van der Waals surface area contributed by atoms with Crippen LogP contribution in [0.2, 0.25) is 5.28 Å². The summed E-state index contributed by atoms with van der Waals surface area (Å²) in [5.74, 6) is 3.68. The first-order valence-electron chi connectivity index (χ1n) is 5.63. The molecular formula is C11H14ClN5. The van der Waals surface area contributed by atoms with E-state index >= 15 is 0 Å². The number of aromatic nitrogens is 3. The minimum Gasteiger partial charge on any atom is -0.353 e. The van der Waals surface area contributed by atoms with Gasteiger partial charge in [-0.3, -0.25) is 0 Å². The normalized spacial score (nSPS) is 14.7. The Morgan fingerprint density at radius 3 is 2.76 bits per heavy atom. The van der Waals surface area contributed by atoms with Crippen molar-refractivity contribution in [2.75, 3.05) is 29.9 Å². The van der Waals surface area contributed by atoms with Crippen LogP contribution in [0.1, 0.15) is 19.3 Å². The van der Waals surface area contributed by atoms with E-state index in [-0.39, 0.29) is 5.28 Å². The van der Waals surface area contributed by atoms with E-state index in [1.54, 1.807) is 0 Å². The monoisotopic (exact) mass is 251 g/mol. The summed E-state index contributed by atoms with van der Waals surface area (Å²) in [6.45, 7) is 2.59. The molecule has 1 N–H and O–H groups in total. The highest BCUT2D eigenvalue weighted by Gasteiger charge is 2.16. The molecule has 0 aromatic carbocycles. The molecule has 0 radical (unpaired) electrons. The molecule has 0 unspecified atom stereocenters. The number of nitrogens with one attached hydrogen (secondary N) is 1. The van der Waals surface area contributed by atoms with Gasteiger partial charge in [-0.15, -0.1) is 12.3 Å². The summed E-state index contributed by atoms with van der Waals surface area (Å²) in [7, 11) is 0. The van der Waals surface area contributed by atoms with Crippen molar-refractivity contribution in [1.82, 2.24) is 15.0 Å². The molecule has 0 amide bonds. The van der Waals surface area contributed by atoms with Gasteiger partial charge in [0.25, 0.3) is 0 Å². The maximum Gasteiger partial charge on any atom is 0.231 e. The Balaban J connectivity index is 2.08. The molecule has 17 heavy (non-hydrogen) atoms. The fourth-order valence-electron chi connectivity index (χ4n) is 1.72. The Labute approximate surface area is 106 Å². The molecule has 0 atom stereocenters. The smallest absolute Gasteiger partial charge is 0.231 e. The number of anilines is 2. The molecule has 0 aliphatic carbocycles. The Morgan fingerprint density at radius 1 is 1.29 bits per heavy atom. The van der Waals surface area contributed by atoms with E-state index in [9.17, 15) is 0 Å². The fraction of sp³-hybridized carbons (Fsp3) is 0.545. The third-order valence-electron chi connectivity index (χ3n) is 2.54. The Bertz CT molecular complexity index is 422. The molecule has 2 rings (SSSR count). The molecule has 1 aromatic heterocycles. The third kappa shape index (κ3) is 3.21. The molecule has 2 heterocycles. The lowest BCUT2D eigenvalue weighted by Crippen LogP contribution is -2.21. The zero-order chi connectivity index (χ0) is 12.1. The maximum absolute atomic E-state index is 5.87. The van der Waals surface area contributed by atoms with Crippen molar-refractivity contribution in [3.63, 3.8) is 0 Å². The Kier molecular flexibility index (Phi) is 3.99. The number of hydrogen-bond donors (Lipinski definition) is 1. The summed E-state index contributed by atoms with van der Waals surface area (Å²) in [5.41, 5.74) is 0. The van der Waals surface area contributed by atoms with Crippen LogP contribution < -0.4 is 10.2 Å². The predicted molar refractivity (Wildman–Crippen MR) is 68.2 cm³/mol. The SMILES string of the molecule is C#CCCNc1nc(Cl)nc(N2CCCC2)n1. The maximum atomic E-state index is 5.87. The largest absolute Gasteiger partial charge is 0.353 e. The third-order valence-corrected chi connectivity index (χ3v) is 2.71. The van der Waals surface area contributed by atoms with Crippen molar-refractivity contribution in [3.05, 3.63) is 5.28 Å². The average molecular weight is 252 g/mol. The Morgan fingerprint density at radius 2 is 2.06 bits per heavy atom. The highest BCUT2D eigenvalue weighted by Crippen LogP contribution is 2.18. The molecule has 1 saturated heterocycles. The summed E-state index contributed by atoms with van der Waals surface area (Å²) in [6.07, 6.45) is 8.14. The highest BCUT2D eigenvalue weighted by atomic mass is 35.5. The zero-order valence-corrected chi connectivity index (χ0v) is 10.2. The van der Waals surface area contributed by atoms with Gasteiger partial charge < -0.3 is 10.2 Å². The van der Waals surface area contributed by atoms with Gasteiger partial charge in [0.1, 0.15) is 0 Å². The summed E-state index contributed by atoms with van der Waals surface area (Å²) in [4.78, 5) is 14.6. The van der Waals surface area contributed by atoms with Crippen LogP contribution >= 0.6 is 11.6 Å². The van der Waals surface area contributed by atoms with Crippen molar-refractivity contribution in [2.45, 2.75) is 19.3 Å².